The van der Waals surface area contributed by atoms with Crippen LogP contribution in [0, 0.1) is 6.92 Å². The van der Waals surface area contributed by atoms with Crippen molar-refractivity contribution >= 4 is 29.7 Å². The van der Waals surface area contributed by atoms with Crippen molar-refractivity contribution < 1.29 is 9.32 Å². The number of hydrogen-bond acceptors (Lipinski definition) is 4. The summed E-state index contributed by atoms with van der Waals surface area (Å²) in [6, 6.07) is 5.92. The molecule has 1 aromatic heterocycles. The van der Waals surface area contributed by atoms with Crippen LogP contribution in [0.15, 0.2) is 22.7 Å². The molecule has 0 atom stereocenters. The quantitative estimate of drug-likeness (QED) is 0.914. The third-order valence-corrected chi connectivity index (χ3v) is 3.55. The predicted molar refractivity (Wildman–Crippen MR) is 84.5 cm³/mol. The van der Waals surface area contributed by atoms with Crippen LogP contribution in [0.3, 0.4) is 0 Å². The minimum atomic E-state index is -0.161. The van der Waals surface area contributed by atoms with E-state index < -0.39 is 0 Å². The van der Waals surface area contributed by atoms with E-state index in [1.165, 1.54) is 5.56 Å². The van der Waals surface area contributed by atoms with Gasteiger partial charge in [-0.05, 0) is 37.1 Å². The first kappa shape index (κ1) is 15.4. The highest BCUT2D eigenvalue weighted by Gasteiger charge is 2.20. The lowest BCUT2D eigenvalue weighted by Crippen LogP contribution is -2.14. The summed E-state index contributed by atoms with van der Waals surface area (Å²) in [5.74, 6) is 0.467. The van der Waals surface area contributed by atoms with Gasteiger partial charge in [-0.3, -0.25) is 4.79 Å². The molecule has 0 saturated carbocycles. The summed E-state index contributed by atoms with van der Waals surface area (Å²) < 4.78 is 5.16. The van der Waals surface area contributed by atoms with E-state index in [4.69, 9.17) is 4.52 Å². The first-order valence-corrected chi connectivity index (χ1v) is 6.82. The van der Waals surface area contributed by atoms with E-state index in [0.29, 0.717) is 23.4 Å². The SMILES string of the molecule is CCc1onc(C)c1C(=O)Nc1ccc2c(c1)CCN2.Cl. The number of fused-ring (bicyclic) bond motifs is 1. The monoisotopic (exact) mass is 307 g/mol. The van der Waals surface area contributed by atoms with Gasteiger partial charge in [0.25, 0.3) is 5.91 Å². The normalized spacial score (nSPS) is 12.3. The number of aromatic nitrogens is 1. The Bertz CT molecular complexity index is 667. The summed E-state index contributed by atoms with van der Waals surface area (Å²) in [6.07, 6.45) is 1.64. The number of carbonyl (C=O) groups is 1. The topological polar surface area (TPSA) is 67.2 Å². The maximum Gasteiger partial charge on any atom is 0.261 e. The van der Waals surface area contributed by atoms with Crippen LogP contribution in [0.4, 0.5) is 11.4 Å². The molecule has 3 rings (SSSR count). The van der Waals surface area contributed by atoms with Crippen molar-refractivity contribution in [1.82, 2.24) is 5.16 Å². The van der Waals surface area contributed by atoms with Gasteiger partial charge in [-0.25, -0.2) is 0 Å². The van der Waals surface area contributed by atoms with E-state index in [1.807, 2.05) is 25.1 Å². The van der Waals surface area contributed by atoms with Crippen LogP contribution < -0.4 is 10.6 Å². The zero-order valence-electron chi connectivity index (χ0n) is 12.0. The molecular formula is C15H18ClN3O2. The van der Waals surface area contributed by atoms with Gasteiger partial charge in [-0.15, -0.1) is 12.4 Å². The standard InChI is InChI=1S/C15H17N3O2.ClH/c1-3-13-14(9(2)18-20-13)15(19)17-11-4-5-12-10(8-11)6-7-16-12;/h4-5,8,16H,3,6-7H2,1-2H3,(H,17,19);1H. The lowest BCUT2D eigenvalue weighted by Gasteiger charge is -2.07. The highest BCUT2D eigenvalue weighted by molar-refractivity contribution is 6.05. The molecule has 0 bridgehead atoms. The van der Waals surface area contributed by atoms with E-state index in [2.05, 4.69) is 15.8 Å². The summed E-state index contributed by atoms with van der Waals surface area (Å²) in [7, 11) is 0. The molecule has 5 nitrogen and oxygen atoms in total. The molecule has 1 aliphatic heterocycles. The second-order valence-electron chi connectivity index (χ2n) is 4.92. The number of amides is 1. The van der Waals surface area contributed by atoms with Crippen LogP contribution in [0.25, 0.3) is 0 Å². The van der Waals surface area contributed by atoms with Gasteiger partial charge < -0.3 is 15.2 Å². The fraction of sp³-hybridized carbons (Fsp3) is 0.333. The Kier molecular flexibility index (Phi) is 4.53. The fourth-order valence-electron chi connectivity index (χ4n) is 2.53. The van der Waals surface area contributed by atoms with Gasteiger partial charge in [0, 0.05) is 24.3 Å². The van der Waals surface area contributed by atoms with Crippen LogP contribution in [0.1, 0.15) is 34.3 Å². The molecule has 0 aliphatic carbocycles. The zero-order chi connectivity index (χ0) is 14.1. The van der Waals surface area contributed by atoms with Crippen LogP contribution in [0.5, 0.6) is 0 Å². The van der Waals surface area contributed by atoms with Crippen molar-refractivity contribution in [2.75, 3.05) is 17.2 Å². The van der Waals surface area contributed by atoms with Gasteiger partial charge in [0.05, 0.1) is 5.69 Å². The van der Waals surface area contributed by atoms with Crippen molar-refractivity contribution in [3.63, 3.8) is 0 Å². The molecule has 1 aliphatic rings. The summed E-state index contributed by atoms with van der Waals surface area (Å²) >= 11 is 0. The number of rotatable bonds is 3. The van der Waals surface area contributed by atoms with Crippen LogP contribution in [-0.2, 0) is 12.8 Å². The van der Waals surface area contributed by atoms with Crippen molar-refractivity contribution in [1.29, 1.82) is 0 Å². The minimum Gasteiger partial charge on any atom is -0.384 e. The highest BCUT2D eigenvalue weighted by atomic mass is 35.5. The molecule has 21 heavy (non-hydrogen) atoms. The molecule has 1 aromatic carbocycles. The van der Waals surface area contributed by atoms with Gasteiger partial charge in [0.15, 0.2) is 0 Å². The molecular weight excluding hydrogens is 290 g/mol. The first-order chi connectivity index (χ1) is 9.69. The smallest absolute Gasteiger partial charge is 0.261 e. The molecule has 0 fully saturated rings. The first-order valence-electron chi connectivity index (χ1n) is 6.82. The molecule has 0 saturated heterocycles. The molecule has 112 valence electrons. The summed E-state index contributed by atoms with van der Waals surface area (Å²) in [6.45, 7) is 4.68. The van der Waals surface area contributed by atoms with E-state index >= 15 is 0 Å². The number of hydrogen-bond donors (Lipinski definition) is 2. The van der Waals surface area contributed by atoms with Crippen LogP contribution in [-0.4, -0.2) is 17.6 Å². The van der Waals surface area contributed by atoms with E-state index in [9.17, 15) is 4.79 Å². The summed E-state index contributed by atoms with van der Waals surface area (Å²) in [4.78, 5) is 12.3. The number of nitrogens with one attached hydrogen (secondary N) is 2. The van der Waals surface area contributed by atoms with Crippen molar-refractivity contribution in [3.8, 4) is 0 Å². The second kappa shape index (κ2) is 6.18. The molecule has 2 heterocycles. The number of benzene rings is 1. The number of nitrogens with zero attached hydrogens (tertiary/aromatic N) is 1. The second-order valence-corrected chi connectivity index (χ2v) is 4.92. The molecule has 0 radical (unpaired) electrons. The Labute approximate surface area is 129 Å². The lowest BCUT2D eigenvalue weighted by atomic mass is 10.1. The Hall–Kier alpha value is -2.01. The van der Waals surface area contributed by atoms with E-state index in [0.717, 1.165) is 24.3 Å². The summed E-state index contributed by atoms with van der Waals surface area (Å²) in [5.41, 5.74) is 4.37. The molecule has 2 aromatic rings. The van der Waals surface area contributed by atoms with Gasteiger partial charge >= 0.3 is 0 Å². The van der Waals surface area contributed by atoms with Gasteiger partial charge in [0.1, 0.15) is 11.3 Å². The average Bonchev–Trinajstić information content (AvgIpc) is 3.04. The Morgan fingerprint density at radius 2 is 2.29 bits per heavy atom. The van der Waals surface area contributed by atoms with Gasteiger partial charge in [0.2, 0.25) is 0 Å². The van der Waals surface area contributed by atoms with E-state index in [-0.39, 0.29) is 18.3 Å². The van der Waals surface area contributed by atoms with Crippen molar-refractivity contribution in [2.45, 2.75) is 26.7 Å². The van der Waals surface area contributed by atoms with Crippen LogP contribution in [0.2, 0.25) is 0 Å². The largest absolute Gasteiger partial charge is 0.384 e. The van der Waals surface area contributed by atoms with Crippen molar-refractivity contribution in [2.24, 2.45) is 0 Å². The van der Waals surface area contributed by atoms with Crippen molar-refractivity contribution in [3.05, 3.63) is 40.8 Å². The zero-order valence-corrected chi connectivity index (χ0v) is 12.8. The third kappa shape index (κ3) is 2.88. The van der Waals surface area contributed by atoms with Crippen LogP contribution >= 0.6 is 12.4 Å². The molecule has 0 unspecified atom stereocenters. The Balaban J connectivity index is 0.00000161. The van der Waals surface area contributed by atoms with E-state index in [1.54, 1.807) is 6.92 Å². The Morgan fingerprint density at radius 1 is 1.48 bits per heavy atom. The maximum atomic E-state index is 12.3. The Morgan fingerprint density at radius 3 is 3.05 bits per heavy atom. The molecule has 1 amide bonds. The summed E-state index contributed by atoms with van der Waals surface area (Å²) in [5, 5.41) is 10.1. The predicted octanol–water partition coefficient (Wildman–Crippen LogP) is 3.19. The number of carbonyl (C=O) groups excluding carboxylic acids is 1. The maximum absolute atomic E-state index is 12.3. The van der Waals surface area contributed by atoms with Gasteiger partial charge in [-0.1, -0.05) is 12.1 Å². The molecule has 2 N–H and O–H groups in total. The fourth-order valence-corrected chi connectivity index (χ4v) is 2.53. The lowest BCUT2D eigenvalue weighted by molar-refractivity contribution is 0.102. The molecule has 0 spiro atoms. The number of anilines is 2. The minimum absolute atomic E-state index is 0. The highest BCUT2D eigenvalue weighted by Crippen LogP contribution is 2.26. The van der Waals surface area contributed by atoms with Gasteiger partial charge in [-0.2, -0.15) is 0 Å². The third-order valence-electron chi connectivity index (χ3n) is 3.55. The number of halogens is 1. The molecule has 6 heteroatoms. The number of aryl methyl sites for hydroxylation is 2. The average molecular weight is 308 g/mol.